The van der Waals surface area contributed by atoms with Crippen LogP contribution in [0.2, 0.25) is 0 Å². The van der Waals surface area contributed by atoms with Crippen LogP contribution in [0.25, 0.3) is 10.9 Å². The Labute approximate surface area is 106 Å². The minimum absolute atomic E-state index is 0.229. The number of benzene rings is 1. The maximum absolute atomic E-state index is 11.7. The van der Waals surface area contributed by atoms with Gasteiger partial charge >= 0.3 is 0 Å². The summed E-state index contributed by atoms with van der Waals surface area (Å²) in [5.74, 6) is 0.989. The number of aromatic nitrogens is 1. The molecular weight excluding hydrogens is 226 g/mol. The van der Waals surface area contributed by atoms with Crippen LogP contribution < -0.4 is 4.74 Å². The van der Waals surface area contributed by atoms with Crippen molar-refractivity contribution in [2.45, 2.75) is 31.8 Å². The lowest BCUT2D eigenvalue weighted by molar-refractivity contribution is -0.127. The largest absolute Gasteiger partial charge is 0.483 e. The molecule has 18 heavy (non-hydrogen) atoms. The number of ketones is 1. The molecule has 1 saturated carbocycles. The van der Waals surface area contributed by atoms with Crippen molar-refractivity contribution in [3.8, 4) is 5.75 Å². The third-order valence-electron chi connectivity index (χ3n) is 3.35. The molecule has 1 fully saturated rings. The molecular formula is C15H15NO2. The molecule has 0 spiro atoms. The van der Waals surface area contributed by atoms with Crippen LogP contribution in [-0.2, 0) is 4.79 Å². The number of hydrogen-bond acceptors (Lipinski definition) is 3. The van der Waals surface area contributed by atoms with Crippen LogP contribution in [-0.4, -0.2) is 16.9 Å². The van der Waals surface area contributed by atoms with E-state index in [0.717, 1.165) is 35.9 Å². The molecule has 3 heteroatoms. The first-order chi connectivity index (χ1) is 8.83. The van der Waals surface area contributed by atoms with Gasteiger partial charge in [-0.05, 0) is 43.5 Å². The third kappa shape index (κ3) is 2.21. The average Bonchev–Trinajstić information content (AvgIpc) is 2.41. The summed E-state index contributed by atoms with van der Waals surface area (Å²) < 4.78 is 5.80. The Bertz CT molecular complexity index is 579. The van der Waals surface area contributed by atoms with Crippen molar-refractivity contribution in [3.05, 3.63) is 36.5 Å². The second-order valence-corrected chi connectivity index (χ2v) is 4.68. The van der Waals surface area contributed by atoms with Crippen molar-refractivity contribution in [1.82, 2.24) is 4.98 Å². The second kappa shape index (κ2) is 4.77. The highest BCUT2D eigenvalue weighted by Crippen LogP contribution is 2.24. The van der Waals surface area contributed by atoms with Crippen molar-refractivity contribution in [2.75, 3.05) is 0 Å². The van der Waals surface area contributed by atoms with Crippen LogP contribution in [0.15, 0.2) is 36.5 Å². The van der Waals surface area contributed by atoms with E-state index in [1.807, 2.05) is 30.3 Å². The third-order valence-corrected chi connectivity index (χ3v) is 3.35. The number of carbonyl (C=O) groups excluding carboxylic acids is 1. The molecule has 1 unspecified atom stereocenters. The zero-order chi connectivity index (χ0) is 12.4. The quantitative estimate of drug-likeness (QED) is 0.810. The molecule has 0 saturated heterocycles. The van der Waals surface area contributed by atoms with Gasteiger partial charge in [-0.2, -0.15) is 0 Å². The van der Waals surface area contributed by atoms with Crippen molar-refractivity contribution in [1.29, 1.82) is 0 Å². The number of ether oxygens (including phenoxy) is 1. The Morgan fingerprint density at radius 2 is 2.17 bits per heavy atom. The number of hydrogen-bond donors (Lipinski definition) is 0. The predicted molar refractivity (Wildman–Crippen MR) is 69.6 cm³/mol. The summed E-state index contributed by atoms with van der Waals surface area (Å²) in [5.41, 5.74) is 0.944. The first kappa shape index (κ1) is 11.2. The number of pyridine rings is 1. The molecule has 1 aromatic heterocycles. The zero-order valence-electron chi connectivity index (χ0n) is 10.1. The second-order valence-electron chi connectivity index (χ2n) is 4.68. The van der Waals surface area contributed by atoms with E-state index >= 15 is 0 Å². The minimum atomic E-state index is -0.257. The average molecular weight is 241 g/mol. The van der Waals surface area contributed by atoms with Gasteiger partial charge in [-0.15, -0.1) is 0 Å². The topological polar surface area (TPSA) is 39.2 Å². The Kier molecular flexibility index (Phi) is 2.97. The van der Waals surface area contributed by atoms with Crippen LogP contribution in [0.4, 0.5) is 0 Å². The van der Waals surface area contributed by atoms with E-state index < -0.39 is 0 Å². The highest BCUT2D eigenvalue weighted by Gasteiger charge is 2.23. The van der Waals surface area contributed by atoms with E-state index in [1.54, 1.807) is 6.20 Å². The van der Waals surface area contributed by atoms with Crippen LogP contribution in [0, 0.1) is 0 Å². The molecule has 1 aliphatic rings. The summed E-state index contributed by atoms with van der Waals surface area (Å²) in [6.07, 6.45) is 5.08. The molecule has 1 heterocycles. The number of Topliss-reactive ketones (excluding diaryl/α,β-unsaturated/α-hetero) is 1. The van der Waals surface area contributed by atoms with Gasteiger partial charge in [0.1, 0.15) is 5.75 Å². The van der Waals surface area contributed by atoms with E-state index in [9.17, 15) is 4.79 Å². The standard InChI is InChI=1S/C15H15NO2/c17-14-5-1-2-6-15(14)18-12-7-8-13-11(10-12)4-3-9-16-13/h3-4,7-10,15H,1-2,5-6H2. The first-order valence-electron chi connectivity index (χ1n) is 6.37. The molecule has 92 valence electrons. The van der Waals surface area contributed by atoms with Crippen LogP contribution in [0.5, 0.6) is 5.75 Å². The maximum atomic E-state index is 11.7. The fourth-order valence-corrected chi connectivity index (χ4v) is 2.37. The number of fused-ring (bicyclic) bond motifs is 1. The van der Waals surface area contributed by atoms with Gasteiger partial charge in [0.15, 0.2) is 11.9 Å². The molecule has 1 aliphatic carbocycles. The summed E-state index contributed by atoms with van der Waals surface area (Å²) >= 11 is 0. The van der Waals surface area contributed by atoms with Gasteiger partial charge in [-0.1, -0.05) is 6.07 Å². The van der Waals surface area contributed by atoms with Crippen LogP contribution in [0.1, 0.15) is 25.7 Å². The zero-order valence-corrected chi connectivity index (χ0v) is 10.1. The predicted octanol–water partition coefficient (Wildman–Crippen LogP) is 3.13. The number of carbonyl (C=O) groups is 1. The van der Waals surface area contributed by atoms with E-state index in [4.69, 9.17) is 4.74 Å². The van der Waals surface area contributed by atoms with Gasteiger partial charge in [0.05, 0.1) is 5.52 Å². The van der Waals surface area contributed by atoms with Gasteiger partial charge in [0.25, 0.3) is 0 Å². The molecule has 1 atom stereocenters. The first-order valence-corrected chi connectivity index (χ1v) is 6.37. The Morgan fingerprint density at radius 3 is 3.06 bits per heavy atom. The van der Waals surface area contributed by atoms with Crippen molar-refractivity contribution in [2.24, 2.45) is 0 Å². The number of rotatable bonds is 2. The van der Waals surface area contributed by atoms with Gasteiger partial charge in [-0.3, -0.25) is 9.78 Å². The fraction of sp³-hybridized carbons (Fsp3) is 0.333. The maximum Gasteiger partial charge on any atom is 0.173 e. The van der Waals surface area contributed by atoms with E-state index in [-0.39, 0.29) is 11.9 Å². The van der Waals surface area contributed by atoms with E-state index in [1.165, 1.54) is 0 Å². The highest BCUT2D eigenvalue weighted by atomic mass is 16.5. The summed E-state index contributed by atoms with van der Waals surface area (Å²) in [6, 6.07) is 9.66. The molecule has 3 nitrogen and oxygen atoms in total. The van der Waals surface area contributed by atoms with Crippen molar-refractivity contribution in [3.63, 3.8) is 0 Å². The normalized spacial score (nSPS) is 20.0. The van der Waals surface area contributed by atoms with Gasteiger partial charge in [0, 0.05) is 18.0 Å². The lowest BCUT2D eigenvalue weighted by Gasteiger charge is -2.21. The highest BCUT2D eigenvalue weighted by molar-refractivity contribution is 5.84. The summed E-state index contributed by atoms with van der Waals surface area (Å²) in [4.78, 5) is 16.0. The summed E-state index contributed by atoms with van der Waals surface area (Å²) in [6.45, 7) is 0. The fourth-order valence-electron chi connectivity index (χ4n) is 2.37. The molecule has 0 bridgehead atoms. The van der Waals surface area contributed by atoms with Gasteiger partial charge in [-0.25, -0.2) is 0 Å². The number of nitrogens with zero attached hydrogens (tertiary/aromatic N) is 1. The molecule has 3 rings (SSSR count). The Morgan fingerprint density at radius 1 is 1.22 bits per heavy atom. The molecule has 2 aromatic rings. The smallest absolute Gasteiger partial charge is 0.173 e. The van der Waals surface area contributed by atoms with Crippen molar-refractivity contribution >= 4 is 16.7 Å². The Hall–Kier alpha value is -1.90. The van der Waals surface area contributed by atoms with E-state index in [0.29, 0.717) is 6.42 Å². The van der Waals surface area contributed by atoms with Gasteiger partial charge in [0.2, 0.25) is 0 Å². The lowest BCUT2D eigenvalue weighted by atomic mass is 9.96. The van der Waals surface area contributed by atoms with Crippen LogP contribution in [0.3, 0.4) is 0 Å². The molecule has 0 N–H and O–H groups in total. The molecule has 0 amide bonds. The Balaban J connectivity index is 1.83. The molecule has 0 aliphatic heterocycles. The molecule has 1 aromatic carbocycles. The lowest BCUT2D eigenvalue weighted by Crippen LogP contribution is -2.30. The van der Waals surface area contributed by atoms with Crippen LogP contribution >= 0.6 is 0 Å². The minimum Gasteiger partial charge on any atom is -0.483 e. The SMILES string of the molecule is O=C1CCCCC1Oc1ccc2ncccc2c1. The molecule has 0 radical (unpaired) electrons. The summed E-state index contributed by atoms with van der Waals surface area (Å²) in [5, 5.41) is 1.04. The monoisotopic (exact) mass is 241 g/mol. The van der Waals surface area contributed by atoms with Crippen molar-refractivity contribution < 1.29 is 9.53 Å². The summed E-state index contributed by atoms with van der Waals surface area (Å²) in [7, 11) is 0. The van der Waals surface area contributed by atoms with Gasteiger partial charge < -0.3 is 4.74 Å². The van der Waals surface area contributed by atoms with E-state index in [2.05, 4.69) is 4.98 Å².